The number of nitrogens with zero attached hydrogens (tertiary/aromatic N) is 2. The van der Waals surface area contributed by atoms with E-state index in [-0.39, 0.29) is 23.4 Å². The van der Waals surface area contributed by atoms with E-state index in [1.54, 1.807) is 31.6 Å². The third-order valence-corrected chi connectivity index (χ3v) is 6.25. The molecule has 1 fully saturated rings. The van der Waals surface area contributed by atoms with Crippen LogP contribution in [0.5, 0.6) is 5.75 Å². The number of aliphatic hydroxyl groups is 1. The van der Waals surface area contributed by atoms with Gasteiger partial charge in [-0.1, -0.05) is 6.07 Å². The number of H-pyrrole nitrogens is 1. The van der Waals surface area contributed by atoms with Crippen LogP contribution in [-0.2, 0) is 16.0 Å². The molecule has 3 heterocycles. The topological polar surface area (TPSA) is 95.5 Å². The van der Waals surface area contributed by atoms with Gasteiger partial charge in [0.05, 0.1) is 18.7 Å². The Balaban J connectivity index is 1.54. The zero-order valence-corrected chi connectivity index (χ0v) is 18.9. The van der Waals surface area contributed by atoms with Gasteiger partial charge in [-0.2, -0.15) is 0 Å². The van der Waals surface area contributed by atoms with E-state index in [1.807, 2.05) is 24.4 Å². The van der Waals surface area contributed by atoms with Crippen molar-refractivity contribution in [2.45, 2.75) is 12.5 Å². The minimum atomic E-state index is -0.825. The summed E-state index contributed by atoms with van der Waals surface area (Å²) in [5.41, 5.74) is 2.69. The summed E-state index contributed by atoms with van der Waals surface area (Å²) >= 11 is 0. The molecule has 1 aliphatic rings. The molecule has 2 N–H and O–H groups in total. The van der Waals surface area contributed by atoms with Gasteiger partial charge in [0.2, 0.25) is 0 Å². The molecule has 2 aromatic heterocycles. The van der Waals surface area contributed by atoms with Crippen LogP contribution in [0.25, 0.3) is 16.7 Å². The number of ether oxygens (including phenoxy) is 1. The summed E-state index contributed by atoms with van der Waals surface area (Å²) in [6.07, 6.45) is 5.50. The summed E-state index contributed by atoms with van der Waals surface area (Å²) in [5.74, 6) is -1.60. The SMILES string of the molecule is COc1ccc2[nH]cc(CCN3C(=O)C(=O)C(=C(O)c4ccc(F)cc4)[C@@H]3c3cccnc3)c2c1. The molecule has 2 aromatic carbocycles. The molecule has 1 atom stereocenters. The molecule has 0 aliphatic carbocycles. The fourth-order valence-electron chi connectivity index (χ4n) is 4.49. The van der Waals surface area contributed by atoms with Crippen molar-refractivity contribution in [1.82, 2.24) is 14.9 Å². The van der Waals surface area contributed by atoms with Gasteiger partial charge in [0, 0.05) is 41.6 Å². The summed E-state index contributed by atoms with van der Waals surface area (Å²) in [5, 5.41) is 12.0. The van der Waals surface area contributed by atoms with Crippen LogP contribution in [0.2, 0.25) is 0 Å². The second-order valence-electron chi connectivity index (χ2n) is 8.26. The molecule has 0 bridgehead atoms. The molecule has 176 valence electrons. The number of hydrogen-bond donors (Lipinski definition) is 2. The van der Waals surface area contributed by atoms with Crippen molar-refractivity contribution in [2.75, 3.05) is 13.7 Å². The maximum atomic E-state index is 13.4. The van der Waals surface area contributed by atoms with Crippen LogP contribution in [-0.4, -0.2) is 45.3 Å². The van der Waals surface area contributed by atoms with Crippen LogP contribution in [0.1, 0.15) is 22.7 Å². The maximum absolute atomic E-state index is 13.4. The number of aromatic amines is 1. The molecule has 0 saturated carbocycles. The number of halogens is 1. The quantitative estimate of drug-likeness (QED) is 0.247. The van der Waals surface area contributed by atoms with Crippen molar-refractivity contribution in [3.63, 3.8) is 0 Å². The predicted molar refractivity (Wildman–Crippen MR) is 128 cm³/mol. The number of aliphatic hydroxyl groups excluding tert-OH is 1. The van der Waals surface area contributed by atoms with E-state index in [4.69, 9.17) is 4.74 Å². The van der Waals surface area contributed by atoms with Gasteiger partial charge in [0.25, 0.3) is 11.7 Å². The molecule has 8 heteroatoms. The third kappa shape index (κ3) is 4.03. The molecule has 5 rings (SSSR count). The van der Waals surface area contributed by atoms with Crippen LogP contribution < -0.4 is 4.74 Å². The number of aromatic nitrogens is 2. The van der Waals surface area contributed by atoms with Crippen LogP contribution in [0, 0.1) is 5.82 Å². The van der Waals surface area contributed by atoms with E-state index in [2.05, 4.69) is 9.97 Å². The number of methoxy groups -OCH3 is 1. The van der Waals surface area contributed by atoms with Gasteiger partial charge in [-0.05, 0) is 66.1 Å². The van der Waals surface area contributed by atoms with Crippen molar-refractivity contribution in [2.24, 2.45) is 0 Å². The molecule has 0 radical (unpaired) electrons. The lowest BCUT2D eigenvalue weighted by Gasteiger charge is -2.25. The van der Waals surface area contributed by atoms with E-state index in [0.29, 0.717) is 17.7 Å². The minimum Gasteiger partial charge on any atom is -0.507 e. The summed E-state index contributed by atoms with van der Waals surface area (Å²) in [6.45, 7) is 0.231. The van der Waals surface area contributed by atoms with Crippen molar-refractivity contribution in [1.29, 1.82) is 0 Å². The first-order valence-corrected chi connectivity index (χ1v) is 11.1. The van der Waals surface area contributed by atoms with E-state index in [1.165, 1.54) is 29.2 Å². The molecule has 35 heavy (non-hydrogen) atoms. The van der Waals surface area contributed by atoms with Crippen molar-refractivity contribution >= 4 is 28.4 Å². The zero-order valence-electron chi connectivity index (χ0n) is 18.9. The predicted octanol–water partition coefficient (Wildman–Crippen LogP) is 4.38. The Kier molecular flexibility index (Phi) is 5.78. The van der Waals surface area contributed by atoms with Gasteiger partial charge in [-0.25, -0.2) is 4.39 Å². The smallest absolute Gasteiger partial charge is 0.295 e. The highest BCUT2D eigenvalue weighted by atomic mass is 19.1. The molecule has 7 nitrogen and oxygen atoms in total. The van der Waals surface area contributed by atoms with Gasteiger partial charge < -0.3 is 19.7 Å². The normalized spacial score (nSPS) is 17.3. The summed E-state index contributed by atoms with van der Waals surface area (Å²) in [4.78, 5) is 35.1. The first-order valence-electron chi connectivity index (χ1n) is 11.1. The van der Waals surface area contributed by atoms with E-state index in [9.17, 15) is 19.1 Å². The van der Waals surface area contributed by atoms with Gasteiger partial charge >= 0.3 is 0 Å². The van der Waals surface area contributed by atoms with Crippen molar-refractivity contribution in [3.8, 4) is 5.75 Å². The van der Waals surface area contributed by atoms with E-state index in [0.717, 1.165) is 16.5 Å². The summed E-state index contributed by atoms with van der Waals surface area (Å²) in [7, 11) is 1.60. The molecule has 0 spiro atoms. The average molecular weight is 471 g/mol. The fraction of sp³-hybridized carbons (Fsp3) is 0.148. The first kappa shape index (κ1) is 22.3. The number of carbonyl (C=O) groups excluding carboxylic acids is 2. The van der Waals surface area contributed by atoms with Gasteiger partial charge in [-0.3, -0.25) is 14.6 Å². The number of hydrogen-bond acceptors (Lipinski definition) is 5. The Bertz CT molecular complexity index is 1440. The second kappa shape index (κ2) is 9.06. The molecule has 4 aromatic rings. The number of carbonyl (C=O) groups is 2. The number of amides is 1. The average Bonchev–Trinajstić information content (AvgIpc) is 3.40. The van der Waals surface area contributed by atoms with Crippen LogP contribution in [0.3, 0.4) is 0 Å². The van der Waals surface area contributed by atoms with Crippen LogP contribution >= 0.6 is 0 Å². The maximum Gasteiger partial charge on any atom is 0.295 e. The highest BCUT2D eigenvalue weighted by Gasteiger charge is 2.46. The largest absolute Gasteiger partial charge is 0.507 e. The standard InChI is InChI=1S/C27H22FN3O4/c1-35-20-8-9-22-21(13-20)17(15-30-22)10-12-31-24(18-3-2-11-29-14-18)23(26(33)27(31)34)25(32)16-4-6-19(28)7-5-16/h2-9,11,13-15,24,30,32H,10,12H2,1H3/t24-/m0/s1. The van der Waals surface area contributed by atoms with Gasteiger partial charge in [0.15, 0.2) is 0 Å². The summed E-state index contributed by atoms with van der Waals surface area (Å²) in [6, 6.07) is 13.5. The van der Waals surface area contributed by atoms with E-state index >= 15 is 0 Å². The Hall–Kier alpha value is -4.46. The number of pyridine rings is 1. The zero-order chi connectivity index (χ0) is 24.5. The molecular formula is C27H22FN3O4. The Labute approximate surface area is 200 Å². The number of benzene rings is 2. The van der Waals surface area contributed by atoms with Crippen molar-refractivity contribution < 1.29 is 23.8 Å². The van der Waals surface area contributed by atoms with Crippen LogP contribution in [0.4, 0.5) is 4.39 Å². The van der Waals surface area contributed by atoms with Crippen LogP contribution in [0.15, 0.2) is 78.8 Å². The number of rotatable bonds is 6. The lowest BCUT2D eigenvalue weighted by Crippen LogP contribution is -2.31. The fourth-order valence-corrected chi connectivity index (χ4v) is 4.49. The third-order valence-electron chi connectivity index (χ3n) is 6.25. The van der Waals surface area contributed by atoms with E-state index < -0.39 is 23.5 Å². The first-order chi connectivity index (χ1) is 17.0. The van der Waals surface area contributed by atoms with Gasteiger partial charge in [0.1, 0.15) is 17.3 Å². The highest BCUT2D eigenvalue weighted by Crippen LogP contribution is 2.39. The monoisotopic (exact) mass is 471 g/mol. The lowest BCUT2D eigenvalue weighted by molar-refractivity contribution is -0.139. The lowest BCUT2D eigenvalue weighted by atomic mass is 9.96. The number of fused-ring (bicyclic) bond motifs is 1. The number of ketones is 1. The number of nitrogens with one attached hydrogen (secondary N) is 1. The van der Waals surface area contributed by atoms with Crippen molar-refractivity contribution in [3.05, 3.63) is 101 Å². The molecule has 1 aliphatic heterocycles. The molecule has 0 unspecified atom stereocenters. The molecule has 1 amide bonds. The number of likely N-dealkylation sites (tertiary alicyclic amines) is 1. The Morgan fingerprint density at radius 3 is 2.69 bits per heavy atom. The summed E-state index contributed by atoms with van der Waals surface area (Å²) < 4.78 is 18.8. The number of Topliss-reactive ketones (excluding diaryl/α,β-unsaturated/α-hetero) is 1. The highest BCUT2D eigenvalue weighted by molar-refractivity contribution is 6.46. The Morgan fingerprint density at radius 2 is 1.97 bits per heavy atom. The Morgan fingerprint density at radius 1 is 1.17 bits per heavy atom. The minimum absolute atomic E-state index is 0.0461. The second-order valence-corrected chi connectivity index (χ2v) is 8.26. The molecular weight excluding hydrogens is 449 g/mol. The molecule has 1 saturated heterocycles. The van der Waals surface area contributed by atoms with Gasteiger partial charge in [-0.15, -0.1) is 0 Å².